The summed E-state index contributed by atoms with van der Waals surface area (Å²) in [7, 11) is 0. The molecule has 1 heterocycles. The lowest BCUT2D eigenvalue weighted by Gasteiger charge is -2.29. The third-order valence-corrected chi connectivity index (χ3v) is 2.72. The second-order valence-corrected chi connectivity index (χ2v) is 3.68. The minimum absolute atomic E-state index is 0.800. The van der Waals surface area contributed by atoms with Gasteiger partial charge in [-0.2, -0.15) is 5.26 Å². The highest BCUT2D eigenvalue weighted by atomic mass is 15.1. The Morgan fingerprint density at radius 3 is 2.31 bits per heavy atom. The third kappa shape index (κ3) is 3.00. The molecule has 2 rings (SSSR count). The summed E-state index contributed by atoms with van der Waals surface area (Å²) in [5.41, 5.74) is 1.91. The van der Waals surface area contributed by atoms with E-state index in [0.717, 1.165) is 24.3 Å². The molecule has 1 fully saturated rings. The van der Waals surface area contributed by atoms with E-state index >= 15 is 0 Å². The zero-order valence-corrected chi connectivity index (χ0v) is 10.2. The highest BCUT2D eigenvalue weighted by molar-refractivity contribution is 5.59. The summed E-state index contributed by atoms with van der Waals surface area (Å²) < 4.78 is 0. The number of benzene rings is 1. The monoisotopic (exact) mass is 216 g/mol. The molecule has 1 aromatic carbocycles. The van der Waals surface area contributed by atoms with Gasteiger partial charge in [-0.3, -0.25) is 0 Å². The smallest absolute Gasteiger partial charge is 0.101 e. The minimum Gasteiger partial charge on any atom is -0.370 e. The third-order valence-electron chi connectivity index (χ3n) is 2.72. The maximum absolute atomic E-state index is 8.97. The number of nitrogens with zero attached hydrogens (tertiary/aromatic N) is 2. The Labute approximate surface area is 98.5 Å². The van der Waals surface area contributed by atoms with E-state index in [-0.39, 0.29) is 0 Å². The first-order valence-corrected chi connectivity index (χ1v) is 6.16. The highest BCUT2D eigenvalue weighted by Gasteiger charge is 2.13. The number of anilines is 1. The molecular formula is C14H20N2. The molecule has 86 valence electrons. The first kappa shape index (κ1) is 12.6. The molecule has 0 spiro atoms. The Kier molecular flexibility index (Phi) is 5.42. The van der Waals surface area contributed by atoms with Gasteiger partial charge in [0.05, 0.1) is 11.3 Å². The van der Waals surface area contributed by atoms with Gasteiger partial charge in [-0.1, -0.05) is 26.0 Å². The van der Waals surface area contributed by atoms with Crippen molar-refractivity contribution in [3.8, 4) is 6.07 Å². The summed E-state index contributed by atoms with van der Waals surface area (Å²) in [6.45, 7) is 6.19. The van der Waals surface area contributed by atoms with Crippen LogP contribution >= 0.6 is 0 Å². The van der Waals surface area contributed by atoms with Crippen LogP contribution < -0.4 is 4.90 Å². The first-order valence-electron chi connectivity index (χ1n) is 6.16. The summed E-state index contributed by atoms with van der Waals surface area (Å²) in [5, 5.41) is 8.97. The van der Waals surface area contributed by atoms with E-state index in [1.165, 1.54) is 19.3 Å². The van der Waals surface area contributed by atoms with E-state index in [1.807, 2.05) is 38.1 Å². The van der Waals surface area contributed by atoms with Crippen LogP contribution in [0.1, 0.15) is 38.7 Å². The van der Waals surface area contributed by atoms with Gasteiger partial charge < -0.3 is 4.90 Å². The molecule has 1 aromatic rings. The van der Waals surface area contributed by atoms with Crippen molar-refractivity contribution in [1.29, 1.82) is 5.26 Å². The van der Waals surface area contributed by atoms with Crippen LogP contribution in [0.2, 0.25) is 0 Å². The van der Waals surface area contributed by atoms with Crippen LogP contribution in [0, 0.1) is 11.3 Å². The van der Waals surface area contributed by atoms with Gasteiger partial charge >= 0.3 is 0 Å². The van der Waals surface area contributed by atoms with E-state index in [2.05, 4.69) is 11.0 Å². The number of rotatable bonds is 1. The molecule has 1 saturated heterocycles. The number of hydrogen-bond donors (Lipinski definition) is 0. The minimum atomic E-state index is 0.800. The molecule has 0 bridgehead atoms. The summed E-state index contributed by atoms with van der Waals surface area (Å²) in [6.07, 6.45) is 3.82. The van der Waals surface area contributed by atoms with Crippen LogP contribution in [-0.2, 0) is 0 Å². The van der Waals surface area contributed by atoms with Crippen molar-refractivity contribution in [2.45, 2.75) is 33.1 Å². The van der Waals surface area contributed by atoms with Crippen molar-refractivity contribution >= 4 is 5.69 Å². The molecule has 1 aliphatic rings. The Morgan fingerprint density at radius 1 is 1.06 bits per heavy atom. The van der Waals surface area contributed by atoms with Crippen LogP contribution in [-0.4, -0.2) is 13.1 Å². The molecular weight excluding hydrogens is 196 g/mol. The number of nitriles is 1. The first-order chi connectivity index (χ1) is 7.92. The average molecular weight is 216 g/mol. The summed E-state index contributed by atoms with van der Waals surface area (Å²) in [5.74, 6) is 0. The zero-order valence-electron chi connectivity index (χ0n) is 10.2. The Bertz CT molecular complexity index is 346. The van der Waals surface area contributed by atoms with Crippen molar-refractivity contribution < 1.29 is 0 Å². The molecule has 0 saturated carbocycles. The van der Waals surface area contributed by atoms with Gasteiger partial charge in [-0.15, -0.1) is 0 Å². The van der Waals surface area contributed by atoms with Crippen molar-refractivity contribution in [3.63, 3.8) is 0 Å². The van der Waals surface area contributed by atoms with Crippen LogP contribution in [0.25, 0.3) is 0 Å². The highest BCUT2D eigenvalue weighted by Crippen LogP contribution is 2.23. The summed E-state index contributed by atoms with van der Waals surface area (Å²) >= 11 is 0. The normalized spacial score (nSPS) is 14.7. The number of para-hydroxylation sites is 1. The average Bonchev–Trinajstić information content (AvgIpc) is 2.42. The maximum atomic E-state index is 8.97. The van der Waals surface area contributed by atoms with Gasteiger partial charge in [0.2, 0.25) is 0 Å². The molecule has 0 radical (unpaired) electrons. The molecule has 0 unspecified atom stereocenters. The summed E-state index contributed by atoms with van der Waals surface area (Å²) in [4.78, 5) is 2.32. The van der Waals surface area contributed by atoms with Crippen molar-refractivity contribution in [3.05, 3.63) is 29.8 Å². The SMILES string of the molecule is CC.N#Cc1ccccc1N1CCCCC1. The van der Waals surface area contributed by atoms with Crippen LogP contribution in [0.15, 0.2) is 24.3 Å². The van der Waals surface area contributed by atoms with Crippen LogP contribution in [0.4, 0.5) is 5.69 Å². The fourth-order valence-electron chi connectivity index (χ4n) is 1.98. The van der Waals surface area contributed by atoms with Crippen molar-refractivity contribution in [2.24, 2.45) is 0 Å². The van der Waals surface area contributed by atoms with Gasteiger partial charge in [0.25, 0.3) is 0 Å². The molecule has 2 nitrogen and oxygen atoms in total. The van der Waals surface area contributed by atoms with E-state index in [9.17, 15) is 0 Å². The maximum Gasteiger partial charge on any atom is 0.101 e. The lowest BCUT2D eigenvalue weighted by atomic mass is 10.1. The fourth-order valence-corrected chi connectivity index (χ4v) is 1.98. The predicted molar refractivity (Wildman–Crippen MR) is 68.6 cm³/mol. The summed E-state index contributed by atoms with van der Waals surface area (Å²) in [6, 6.07) is 10.1. The Morgan fingerprint density at radius 2 is 1.69 bits per heavy atom. The van der Waals surface area contributed by atoms with Crippen LogP contribution in [0.3, 0.4) is 0 Å². The predicted octanol–water partition coefficient (Wildman–Crippen LogP) is 3.57. The van der Waals surface area contributed by atoms with E-state index < -0.39 is 0 Å². The largest absolute Gasteiger partial charge is 0.370 e. The van der Waals surface area contributed by atoms with E-state index in [1.54, 1.807) is 0 Å². The zero-order chi connectivity index (χ0) is 11.8. The second kappa shape index (κ2) is 6.90. The van der Waals surface area contributed by atoms with Gasteiger partial charge in [0.1, 0.15) is 6.07 Å². The standard InChI is InChI=1S/C12H14N2.C2H6/c13-10-11-6-2-3-7-12(11)14-8-4-1-5-9-14;1-2/h2-3,6-7H,1,4-5,8-9H2;1-2H3. The van der Waals surface area contributed by atoms with Gasteiger partial charge in [0.15, 0.2) is 0 Å². The lowest BCUT2D eigenvalue weighted by molar-refractivity contribution is 0.577. The second-order valence-electron chi connectivity index (χ2n) is 3.68. The molecule has 16 heavy (non-hydrogen) atoms. The molecule has 0 atom stereocenters. The Hall–Kier alpha value is -1.49. The van der Waals surface area contributed by atoms with E-state index in [4.69, 9.17) is 5.26 Å². The fraction of sp³-hybridized carbons (Fsp3) is 0.500. The van der Waals surface area contributed by atoms with Gasteiger partial charge in [0, 0.05) is 13.1 Å². The molecule has 1 aliphatic heterocycles. The molecule has 0 aliphatic carbocycles. The molecule has 2 heteroatoms. The molecule has 0 aromatic heterocycles. The van der Waals surface area contributed by atoms with Gasteiger partial charge in [-0.05, 0) is 31.4 Å². The Balaban J connectivity index is 0.000000606. The van der Waals surface area contributed by atoms with Gasteiger partial charge in [-0.25, -0.2) is 0 Å². The number of piperidine rings is 1. The number of hydrogen-bond acceptors (Lipinski definition) is 2. The topological polar surface area (TPSA) is 27.0 Å². The van der Waals surface area contributed by atoms with Crippen molar-refractivity contribution in [2.75, 3.05) is 18.0 Å². The molecule has 0 N–H and O–H groups in total. The quantitative estimate of drug-likeness (QED) is 0.717. The molecule has 0 amide bonds. The van der Waals surface area contributed by atoms with Crippen molar-refractivity contribution in [1.82, 2.24) is 0 Å². The van der Waals surface area contributed by atoms with Crippen LogP contribution in [0.5, 0.6) is 0 Å². The lowest BCUT2D eigenvalue weighted by Crippen LogP contribution is -2.29. The van der Waals surface area contributed by atoms with E-state index in [0.29, 0.717) is 0 Å².